The van der Waals surface area contributed by atoms with Crippen molar-refractivity contribution < 1.29 is 27.1 Å². The molecule has 2 atom stereocenters. The van der Waals surface area contributed by atoms with Crippen molar-refractivity contribution in [2.75, 3.05) is 24.2 Å². The first kappa shape index (κ1) is 26.3. The Labute approximate surface area is 215 Å². The summed E-state index contributed by atoms with van der Waals surface area (Å²) in [4.78, 5) is 27.9. The fraction of sp³-hybridized carbons (Fsp3) is 0.259. The van der Waals surface area contributed by atoms with E-state index in [1.54, 1.807) is 24.3 Å². The molecule has 2 N–H and O–H groups in total. The molecule has 37 heavy (non-hydrogen) atoms. The van der Waals surface area contributed by atoms with Gasteiger partial charge in [0, 0.05) is 13.0 Å². The van der Waals surface area contributed by atoms with E-state index in [1.165, 1.54) is 29.2 Å². The van der Waals surface area contributed by atoms with Crippen molar-refractivity contribution in [3.8, 4) is 5.75 Å². The number of nitrogens with zero attached hydrogens (tertiary/aromatic N) is 1. The van der Waals surface area contributed by atoms with Gasteiger partial charge in [-0.3, -0.25) is 9.59 Å². The number of anilines is 1. The van der Waals surface area contributed by atoms with Gasteiger partial charge < -0.3 is 15.0 Å². The Balaban J connectivity index is 1.50. The molecule has 0 fully saturated rings. The van der Waals surface area contributed by atoms with E-state index in [2.05, 4.69) is 10.0 Å². The Morgan fingerprint density at radius 1 is 1.03 bits per heavy atom. The van der Waals surface area contributed by atoms with E-state index in [4.69, 9.17) is 4.74 Å². The molecule has 0 saturated heterocycles. The van der Waals surface area contributed by atoms with Crippen LogP contribution < -0.4 is 19.7 Å². The number of para-hydroxylation sites is 2. The molecule has 0 saturated carbocycles. The minimum atomic E-state index is -3.68. The summed E-state index contributed by atoms with van der Waals surface area (Å²) >= 11 is 0. The molecule has 3 aromatic rings. The summed E-state index contributed by atoms with van der Waals surface area (Å²) in [6.45, 7) is 0.366. The van der Waals surface area contributed by atoms with Gasteiger partial charge in [-0.2, -0.15) is 0 Å². The second-order valence-corrected chi connectivity index (χ2v) is 10.6. The zero-order valence-corrected chi connectivity index (χ0v) is 21.1. The van der Waals surface area contributed by atoms with Crippen LogP contribution in [0.2, 0.25) is 0 Å². The van der Waals surface area contributed by atoms with E-state index in [0.717, 1.165) is 11.8 Å². The number of halogens is 1. The Hall–Kier alpha value is -3.76. The predicted octanol–water partition coefficient (Wildman–Crippen LogP) is 2.96. The maximum Gasteiger partial charge on any atom is 0.262 e. The van der Waals surface area contributed by atoms with Gasteiger partial charge >= 0.3 is 0 Å². The Kier molecular flexibility index (Phi) is 8.20. The number of hydrogen-bond acceptors (Lipinski definition) is 5. The molecular formula is C27H28FN3O5S. The molecule has 10 heteroatoms. The smallest absolute Gasteiger partial charge is 0.262 e. The average molecular weight is 526 g/mol. The van der Waals surface area contributed by atoms with Gasteiger partial charge in [0.05, 0.1) is 24.5 Å². The summed E-state index contributed by atoms with van der Waals surface area (Å²) in [5.74, 6) is -0.869. The molecule has 0 aliphatic carbocycles. The van der Waals surface area contributed by atoms with Crippen molar-refractivity contribution in [2.24, 2.45) is 0 Å². The van der Waals surface area contributed by atoms with E-state index >= 15 is 0 Å². The highest BCUT2D eigenvalue weighted by Crippen LogP contribution is 2.34. The number of carbonyl (C=O) groups excluding carboxylic acids is 2. The van der Waals surface area contributed by atoms with Gasteiger partial charge in [-0.05, 0) is 41.8 Å². The van der Waals surface area contributed by atoms with Crippen LogP contribution in [-0.4, -0.2) is 45.7 Å². The fourth-order valence-electron chi connectivity index (χ4n) is 4.16. The maximum absolute atomic E-state index is 13.5. The highest BCUT2D eigenvalue weighted by atomic mass is 32.2. The summed E-state index contributed by atoms with van der Waals surface area (Å²) in [6, 6.07) is 20.9. The lowest BCUT2D eigenvalue weighted by atomic mass is 10.0. The average Bonchev–Trinajstić information content (AvgIpc) is 2.88. The molecule has 3 aromatic carbocycles. The zero-order valence-electron chi connectivity index (χ0n) is 20.3. The molecule has 1 aliphatic heterocycles. The zero-order chi connectivity index (χ0) is 26.4. The molecule has 0 aromatic heterocycles. The summed E-state index contributed by atoms with van der Waals surface area (Å²) in [7, 11) is -3.68. The number of nitrogens with one attached hydrogen (secondary N) is 2. The maximum atomic E-state index is 13.5. The third-order valence-corrected chi connectivity index (χ3v) is 6.64. The molecule has 4 rings (SSSR count). The lowest BCUT2D eigenvalue weighted by molar-refractivity contribution is -0.128. The second kappa shape index (κ2) is 11.5. The number of carbonyl (C=O) groups is 2. The third-order valence-electron chi connectivity index (χ3n) is 5.93. The molecule has 2 amide bonds. The highest BCUT2D eigenvalue weighted by Gasteiger charge is 2.35. The van der Waals surface area contributed by atoms with Crippen LogP contribution in [-0.2, 0) is 26.0 Å². The fourth-order valence-corrected chi connectivity index (χ4v) is 4.90. The van der Waals surface area contributed by atoms with Crippen LogP contribution in [0.25, 0.3) is 0 Å². The number of benzene rings is 3. The van der Waals surface area contributed by atoms with Crippen molar-refractivity contribution >= 4 is 27.5 Å². The largest absolute Gasteiger partial charge is 0.477 e. The molecule has 0 bridgehead atoms. The van der Waals surface area contributed by atoms with Crippen LogP contribution >= 0.6 is 0 Å². The number of fused-ring (bicyclic) bond motifs is 1. The van der Waals surface area contributed by atoms with Crippen molar-refractivity contribution in [1.29, 1.82) is 0 Å². The standard InChI is InChI=1S/C27H28FN3O5S/c1-37(34,35)30-22(20-11-13-21(28)14-12-20)17-26(32)31-18-25(36-24-10-6-5-9-23(24)31)27(33)29-16-15-19-7-3-2-4-8-19/h2-14,22,25,30H,15-18H2,1H3,(H,29,33)/t22-,25+/m1/s1. The molecular weight excluding hydrogens is 497 g/mol. The van der Waals surface area contributed by atoms with Crippen LogP contribution in [0.15, 0.2) is 78.9 Å². The van der Waals surface area contributed by atoms with Crippen molar-refractivity contribution in [3.05, 3.63) is 95.8 Å². The monoisotopic (exact) mass is 525 g/mol. The van der Waals surface area contributed by atoms with Crippen LogP contribution in [0.5, 0.6) is 5.75 Å². The second-order valence-electron chi connectivity index (χ2n) is 8.80. The van der Waals surface area contributed by atoms with Crippen LogP contribution in [0.4, 0.5) is 10.1 Å². The normalized spacial score (nSPS) is 15.8. The number of rotatable bonds is 9. The first-order valence-corrected chi connectivity index (χ1v) is 13.7. The molecule has 8 nitrogen and oxygen atoms in total. The topological polar surface area (TPSA) is 105 Å². The van der Waals surface area contributed by atoms with Crippen LogP contribution in [0, 0.1) is 5.82 Å². The third kappa shape index (κ3) is 7.14. The highest BCUT2D eigenvalue weighted by molar-refractivity contribution is 7.88. The first-order chi connectivity index (χ1) is 17.7. The summed E-state index contributed by atoms with van der Waals surface area (Å²) in [5, 5.41) is 2.87. The summed E-state index contributed by atoms with van der Waals surface area (Å²) < 4.78 is 45.8. The van der Waals surface area contributed by atoms with E-state index in [-0.39, 0.29) is 18.9 Å². The van der Waals surface area contributed by atoms with Crippen LogP contribution in [0.3, 0.4) is 0 Å². The molecule has 1 heterocycles. The minimum Gasteiger partial charge on any atom is -0.477 e. The summed E-state index contributed by atoms with van der Waals surface area (Å²) in [5.41, 5.74) is 2.01. The Bertz CT molecular complexity index is 1350. The quantitative estimate of drug-likeness (QED) is 0.447. The van der Waals surface area contributed by atoms with E-state index in [1.807, 2.05) is 30.3 Å². The summed E-state index contributed by atoms with van der Waals surface area (Å²) in [6.07, 6.45) is 0.458. The van der Waals surface area contributed by atoms with Gasteiger partial charge in [-0.1, -0.05) is 54.6 Å². The number of amides is 2. The first-order valence-electron chi connectivity index (χ1n) is 11.8. The van der Waals surface area contributed by atoms with Gasteiger partial charge in [-0.25, -0.2) is 17.5 Å². The number of hydrogen-bond donors (Lipinski definition) is 2. The van der Waals surface area contributed by atoms with Gasteiger partial charge in [0.2, 0.25) is 15.9 Å². The van der Waals surface area contributed by atoms with E-state index in [0.29, 0.717) is 30.0 Å². The molecule has 1 aliphatic rings. The molecule has 194 valence electrons. The van der Waals surface area contributed by atoms with Crippen LogP contribution in [0.1, 0.15) is 23.6 Å². The van der Waals surface area contributed by atoms with Gasteiger partial charge in [0.15, 0.2) is 6.10 Å². The Morgan fingerprint density at radius 3 is 2.41 bits per heavy atom. The minimum absolute atomic E-state index is 0.0397. The molecule has 0 radical (unpaired) electrons. The number of sulfonamides is 1. The van der Waals surface area contributed by atoms with Gasteiger partial charge in [0.1, 0.15) is 11.6 Å². The van der Waals surface area contributed by atoms with E-state index in [9.17, 15) is 22.4 Å². The van der Waals surface area contributed by atoms with Gasteiger partial charge in [-0.15, -0.1) is 0 Å². The molecule has 0 unspecified atom stereocenters. The molecule has 0 spiro atoms. The predicted molar refractivity (Wildman–Crippen MR) is 138 cm³/mol. The van der Waals surface area contributed by atoms with Gasteiger partial charge in [0.25, 0.3) is 5.91 Å². The SMILES string of the molecule is CS(=O)(=O)N[C@H](CC(=O)N1C[C@@H](C(=O)NCCc2ccccc2)Oc2ccccc21)c1ccc(F)cc1. The lowest BCUT2D eigenvalue weighted by Crippen LogP contribution is -2.51. The van der Waals surface area contributed by atoms with Crippen molar-refractivity contribution in [2.45, 2.75) is 25.0 Å². The van der Waals surface area contributed by atoms with Crippen molar-refractivity contribution in [1.82, 2.24) is 10.0 Å². The Morgan fingerprint density at radius 2 is 1.70 bits per heavy atom. The van der Waals surface area contributed by atoms with Crippen molar-refractivity contribution in [3.63, 3.8) is 0 Å². The number of ether oxygens (including phenoxy) is 1. The van der Waals surface area contributed by atoms with E-state index < -0.39 is 33.9 Å². The lowest BCUT2D eigenvalue weighted by Gasteiger charge is -2.35.